The molecule has 0 spiro atoms. The molecule has 1 aromatic carbocycles. The Hall–Kier alpha value is -3.02. The number of carbonyl (C=O) groups is 1. The van der Waals surface area contributed by atoms with E-state index < -0.39 is 0 Å². The predicted molar refractivity (Wildman–Crippen MR) is 93.7 cm³/mol. The molecule has 0 unspecified atom stereocenters. The Kier molecular flexibility index (Phi) is 5.51. The Morgan fingerprint density at radius 2 is 2.04 bits per heavy atom. The Balaban J connectivity index is 1.46. The van der Waals surface area contributed by atoms with Crippen molar-refractivity contribution in [3.63, 3.8) is 0 Å². The fourth-order valence-corrected chi connectivity index (χ4v) is 2.44. The third-order valence-electron chi connectivity index (χ3n) is 3.93. The lowest BCUT2D eigenvalue weighted by Gasteiger charge is -2.12. The fourth-order valence-electron chi connectivity index (χ4n) is 2.44. The van der Waals surface area contributed by atoms with Crippen LogP contribution in [0.25, 0.3) is 11.4 Å². The minimum Gasteiger partial charge on any atom is -0.355 e. The summed E-state index contributed by atoms with van der Waals surface area (Å²) in [7, 11) is 0. The molecule has 1 atom stereocenters. The van der Waals surface area contributed by atoms with Crippen molar-refractivity contribution < 1.29 is 9.32 Å². The molecule has 0 aliphatic carbocycles. The van der Waals surface area contributed by atoms with E-state index >= 15 is 0 Å². The molecule has 2 aromatic heterocycles. The average Bonchev–Trinajstić information content (AvgIpc) is 3.15. The highest BCUT2D eigenvalue weighted by molar-refractivity contribution is 5.76. The molecule has 0 aliphatic heterocycles. The number of nitrogens with one attached hydrogen (secondary N) is 1. The van der Waals surface area contributed by atoms with E-state index in [2.05, 4.69) is 39.5 Å². The first kappa shape index (κ1) is 16.8. The van der Waals surface area contributed by atoms with E-state index in [0.717, 1.165) is 5.56 Å². The first-order chi connectivity index (χ1) is 12.2. The van der Waals surface area contributed by atoms with Gasteiger partial charge in [-0.3, -0.25) is 9.78 Å². The SMILES string of the molecule is C[C@H](CNC(=O)CCc1nc(-c2cccnc2)no1)c1ccccc1. The minimum atomic E-state index is -0.0242. The number of aryl methyl sites for hydroxylation is 1. The van der Waals surface area contributed by atoms with Crippen molar-refractivity contribution in [2.45, 2.75) is 25.7 Å². The Morgan fingerprint density at radius 3 is 2.80 bits per heavy atom. The van der Waals surface area contributed by atoms with Crippen molar-refractivity contribution in [2.24, 2.45) is 0 Å². The van der Waals surface area contributed by atoms with Gasteiger partial charge in [0.05, 0.1) is 0 Å². The Bertz CT molecular complexity index is 803. The van der Waals surface area contributed by atoms with Crippen molar-refractivity contribution >= 4 is 5.91 Å². The van der Waals surface area contributed by atoms with E-state index in [1.807, 2.05) is 30.3 Å². The highest BCUT2D eigenvalue weighted by Crippen LogP contribution is 2.15. The molecule has 0 saturated heterocycles. The van der Waals surface area contributed by atoms with Crippen LogP contribution in [0.1, 0.15) is 30.7 Å². The molecule has 2 heterocycles. The molecule has 25 heavy (non-hydrogen) atoms. The second-order valence-electron chi connectivity index (χ2n) is 5.87. The van der Waals surface area contributed by atoms with Gasteiger partial charge in [0, 0.05) is 37.3 Å². The number of hydrogen-bond donors (Lipinski definition) is 1. The summed E-state index contributed by atoms with van der Waals surface area (Å²) in [6.45, 7) is 2.70. The van der Waals surface area contributed by atoms with Gasteiger partial charge < -0.3 is 9.84 Å². The Morgan fingerprint density at radius 1 is 1.20 bits per heavy atom. The van der Waals surface area contributed by atoms with Crippen molar-refractivity contribution in [3.8, 4) is 11.4 Å². The van der Waals surface area contributed by atoms with Crippen LogP contribution in [0.15, 0.2) is 59.4 Å². The molecule has 1 amide bonds. The van der Waals surface area contributed by atoms with Gasteiger partial charge in [-0.2, -0.15) is 4.98 Å². The number of pyridine rings is 1. The van der Waals surface area contributed by atoms with Gasteiger partial charge in [-0.05, 0) is 23.6 Å². The molecule has 6 heteroatoms. The number of amides is 1. The van der Waals surface area contributed by atoms with Crippen LogP contribution >= 0.6 is 0 Å². The van der Waals surface area contributed by atoms with Crippen LogP contribution in [0.5, 0.6) is 0 Å². The van der Waals surface area contributed by atoms with Crippen molar-refractivity contribution in [1.82, 2.24) is 20.4 Å². The molecule has 128 valence electrons. The van der Waals surface area contributed by atoms with Crippen LogP contribution < -0.4 is 5.32 Å². The fraction of sp³-hybridized carbons (Fsp3) is 0.263. The lowest BCUT2D eigenvalue weighted by Crippen LogP contribution is -2.27. The van der Waals surface area contributed by atoms with Gasteiger partial charge in [-0.1, -0.05) is 42.4 Å². The number of benzene rings is 1. The molecule has 0 radical (unpaired) electrons. The summed E-state index contributed by atoms with van der Waals surface area (Å²) < 4.78 is 5.20. The first-order valence-electron chi connectivity index (χ1n) is 8.27. The highest BCUT2D eigenvalue weighted by atomic mass is 16.5. The molecule has 0 fully saturated rings. The van der Waals surface area contributed by atoms with Crippen LogP contribution in [0.4, 0.5) is 0 Å². The van der Waals surface area contributed by atoms with Crippen molar-refractivity contribution in [1.29, 1.82) is 0 Å². The molecule has 0 saturated carbocycles. The zero-order chi connectivity index (χ0) is 17.5. The predicted octanol–water partition coefficient (Wildman–Crippen LogP) is 2.98. The monoisotopic (exact) mass is 336 g/mol. The van der Waals surface area contributed by atoms with Gasteiger partial charge in [-0.15, -0.1) is 0 Å². The number of aromatic nitrogens is 3. The molecule has 0 aliphatic rings. The van der Waals surface area contributed by atoms with Gasteiger partial charge in [-0.25, -0.2) is 0 Å². The van der Waals surface area contributed by atoms with Gasteiger partial charge >= 0.3 is 0 Å². The largest absolute Gasteiger partial charge is 0.355 e. The molecule has 6 nitrogen and oxygen atoms in total. The van der Waals surface area contributed by atoms with Crippen LogP contribution in [-0.4, -0.2) is 27.6 Å². The summed E-state index contributed by atoms with van der Waals surface area (Å²) in [6.07, 6.45) is 4.09. The van der Waals surface area contributed by atoms with Crippen molar-refractivity contribution in [2.75, 3.05) is 6.54 Å². The highest BCUT2D eigenvalue weighted by Gasteiger charge is 2.12. The van der Waals surface area contributed by atoms with Gasteiger partial charge in [0.25, 0.3) is 0 Å². The van der Waals surface area contributed by atoms with E-state index in [1.54, 1.807) is 12.4 Å². The quantitative estimate of drug-likeness (QED) is 0.717. The molecule has 3 rings (SSSR count). The zero-order valence-electron chi connectivity index (χ0n) is 14.1. The van der Waals surface area contributed by atoms with E-state index in [1.165, 1.54) is 5.56 Å². The van der Waals surface area contributed by atoms with Crippen LogP contribution in [0.2, 0.25) is 0 Å². The van der Waals surface area contributed by atoms with E-state index in [0.29, 0.717) is 31.1 Å². The number of rotatable bonds is 7. The van der Waals surface area contributed by atoms with Crippen LogP contribution in [-0.2, 0) is 11.2 Å². The topological polar surface area (TPSA) is 80.9 Å². The maximum Gasteiger partial charge on any atom is 0.227 e. The number of nitrogens with zero attached hydrogens (tertiary/aromatic N) is 3. The molecule has 0 bridgehead atoms. The van der Waals surface area contributed by atoms with E-state index in [4.69, 9.17) is 4.52 Å². The van der Waals surface area contributed by atoms with Crippen molar-refractivity contribution in [3.05, 3.63) is 66.3 Å². The molecule has 3 aromatic rings. The summed E-state index contributed by atoms with van der Waals surface area (Å²) in [6, 6.07) is 13.8. The summed E-state index contributed by atoms with van der Waals surface area (Å²) >= 11 is 0. The third kappa shape index (κ3) is 4.73. The maximum absolute atomic E-state index is 12.0. The third-order valence-corrected chi connectivity index (χ3v) is 3.93. The first-order valence-corrected chi connectivity index (χ1v) is 8.27. The standard InChI is InChI=1S/C19H20N4O2/c1-14(15-6-3-2-4-7-15)12-21-17(24)9-10-18-22-19(23-25-18)16-8-5-11-20-13-16/h2-8,11,13-14H,9-10,12H2,1H3,(H,21,24)/t14-/m1/s1. The van der Waals surface area contributed by atoms with Gasteiger partial charge in [0.15, 0.2) is 0 Å². The van der Waals surface area contributed by atoms with Gasteiger partial charge in [0.1, 0.15) is 0 Å². The van der Waals surface area contributed by atoms with Crippen LogP contribution in [0, 0.1) is 0 Å². The lowest BCUT2D eigenvalue weighted by atomic mass is 10.0. The zero-order valence-corrected chi connectivity index (χ0v) is 14.1. The molecular formula is C19H20N4O2. The maximum atomic E-state index is 12.0. The summed E-state index contributed by atoms with van der Waals surface area (Å²) in [4.78, 5) is 20.3. The average molecular weight is 336 g/mol. The Labute approximate surface area is 146 Å². The normalized spacial score (nSPS) is 11.9. The summed E-state index contributed by atoms with van der Waals surface area (Å²) in [5, 5.41) is 6.87. The molecule has 1 N–H and O–H groups in total. The van der Waals surface area contributed by atoms with Gasteiger partial charge in [0.2, 0.25) is 17.6 Å². The van der Waals surface area contributed by atoms with Crippen LogP contribution in [0.3, 0.4) is 0 Å². The second kappa shape index (κ2) is 8.19. The number of carbonyl (C=O) groups excluding carboxylic acids is 1. The summed E-state index contributed by atoms with van der Waals surface area (Å²) in [5.41, 5.74) is 2.00. The smallest absolute Gasteiger partial charge is 0.227 e. The van der Waals surface area contributed by atoms with E-state index in [-0.39, 0.29) is 11.8 Å². The molecular weight excluding hydrogens is 316 g/mol. The lowest BCUT2D eigenvalue weighted by molar-refractivity contribution is -0.121. The minimum absolute atomic E-state index is 0.0242. The summed E-state index contributed by atoms with van der Waals surface area (Å²) in [5.74, 6) is 1.18. The van der Waals surface area contributed by atoms with E-state index in [9.17, 15) is 4.79 Å². The second-order valence-corrected chi connectivity index (χ2v) is 5.87. The number of hydrogen-bond acceptors (Lipinski definition) is 5.